The van der Waals surface area contributed by atoms with E-state index in [0.717, 1.165) is 19.3 Å². The number of carbonyl (C=O) groups is 1. The lowest BCUT2D eigenvalue weighted by atomic mass is 9.94. The Balaban J connectivity index is 1.76. The van der Waals surface area contributed by atoms with Gasteiger partial charge in [0.25, 0.3) is 0 Å². The molecule has 3 rings (SSSR count). The van der Waals surface area contributed by atoms with Crippen molar-refractivity contribution < 1.29 is 17.7 Å². The highest BCUT2D eigenvalue weighted by Gasteiger charge is 2.46. The molecule has 0 bridgehead atoms. The fraction of sp³-hybridized carbons (Fsp3) is 0.778. The molecular weight excluding hydrogens is 354 g/mol. The monoisotopic (exact) mass is 383 g/mol. The molecule has 2 atom stereocenters. The summed E-state index contributed by atoms with van der Waals surface area (Å²) in [5, 5.41) is 3.76. The van der Waals surface area contributed by atoms with Crippen molar-refractivity contribution in [2.75, 3.05) is 20.1 Å². The average molecular weight is 384 g/mol. The van der Waals surface area contributed by atoms with Crippen molar-refractivity contribution in [2.24, 2.45) is 11.3 Å². The molecule has 1 saturated heterocycles. The van der Waals surface area contributed by atoms with Gasteiger partial charge < -0.3 is 9.42 Å². The molecule has 0 radical (unpaired) electrons. The molecule has 0 aromatic carbocycles. The first-order chi connectivity index (χ1) is 12.1. The van der Waals surface area contributed by atoms with Crippen LogP contribution in [0.1, 0.15) is 51.0 Å². The minimum atomic E-state index is -3.70. The predicted octanol–water partition coefficient (Wildman–Crippen LogP) is 2.34. The summed E-state index contributed by atoms with van der Waals surface area (Å²) in [4.78, 5) is 14.9. The van der Waals surface area contributed by atoms with Crippen LogP contribution >= 0.6 is 0 Å². The van der Waals surface area contributed by atoms with Crippen LogP contribution in [0.5, 0.6) is 0 Å². The molecule has 8 heteroatoms. The van der Waals surface area contributed by atoms with E-state index in [1.54, 1.807) is 13.8 Å². The van der Waals surface area contributed by atoms with E-state index in [1.807, 2.05) is 11.9 Å². The quantitative estimate of drug-likeness (QED) is 0.779. The van der Waals surface area contributed by atoms with E-state index in [0.29, 0.717) is 24.4 Å². The third-order valence-electron chi connectivity index (χ3n) is 6.27. The van der Waals surface area contributed by atoms with Crippen LogP contribution in [0.3, 0.4) is 0 Å². The van der Waals surface area contributed by atoms with Gasteiger partial charge in [0.2, 0.25) is 15.9 Å². The third-order valence-corrected chi connectivity index (χ3v) is 8.39. The molecule has 2 heterocycles. The van der Waals surface area contributed by atoms with E-state index < -0.39 is 10.0 Å². The van der Waals surface area contributed by atoms with Crippen molar-refractivity contribution in [2.45, 2.75) is 64.3 Å². The first-order valence-corrected chi connectivity index (χ1v) is 10.7. The summed E-state index contributed by atoms with van der Waals surface area (Å²) in [5.74, 6) is 0.0430. The number of amides is 1. The van der Waals surface area contributed by atoms with Crippen LogP contribution in [0, 0.1) is 25.2 Å². The second-order valence-electron chi connectivity index (χ2n) is 8.13. The van der Waals surface area contributed by atoms with Gasteiger partial charge in [-0.15, -0.1) is 0 Å². The lowest BCUT2D eigenvalue weighted by Gasteiger charge is -2.36. The van der Waals surface area contributed by atoms with Gasteiger partial charge in [-0.05, 0) is 51.9 Å². The van der Waals surface area contributed by atoms with Gasteiger partial charge >= 0.3 is 0 Å². The smallest absolute Gasteiger partial charge is 0.248 e. The Morgan fingerprint density at radius 3 is 2.58 bits per heavy atom. The number of piperidine rings is 1. The maximum atomic E-state index is 13.0. The number of rotatable bonds is 5. The highest BCUT2D eigenvalue weighted by molar-refractivity contribution is 7.89. The summed E-state index contributed by atoms with van der Waals surface area (Å²) in [6.45, 7) is 8.17. The number of nitrogens with zero attached hydrogens (tertiary/aromatic N) is 3. The highest BCUT2D eigenvalue weighted by Crippen LogP contribution is 2.49. The zero-order valence-electron chi connectivity index (χ0n) is 16.3. The van der Waals surface area contributed by atoms with Crippen LogP contribution in [0.4, 0.5) is 0 Å². The zero-order valence-corrected chi connectivity index (χ0v) is 17.1. The van der Waals surface area contributed by atoms with Crippen LogP contribution in [-0.4, -0.2) is 54.9 Å². The highest BCUT2D eigenvalue weighted by atomic mass is 32.2. The minimum absolute atomic E-state index is 0.0456. The van der Waals surface area contributed by atoms with Crippen LogP contribution < -0.4 is 0 Å². The Morgan fingerprint density at radius 1 is 1.38 bits per heavy atom. The largest absolute Gasteiger partial charge is 0.360 e. The summed E-state index contributed by atoms with van der Waals surface area (Å²) in [6, 6.07) is 0.171. The normalized spacial score (nSPS) is 24.3. The fourth-order valence-electron chi connectivity index (χ4n) is 3.90. The molecule has 2 aliphatic rings. The molecule has 1 aliphatic heterocycles. The molecule has 26 heavy (non-hydrogen) atoms. The Bertz CT molecular complexity index is 778. The molecule has 1 aliphatic carbocycles. The predicted molar refractivity (Wildman–Crippen MR) is 97.0 cm³/mol. The van der Waals surface area contributed by atoms with E-state index in [9.17, 15) is 13.2 Å². The fourth-order valence-corrected chi connectivity index (χ4v) is 5.71. The van der Waals surface area contributed by atoms with E-state index in [-0.39, 0.29) is 34.7 Å². The van der Waals surface area contributed by atoms with E-state index in [2.05, 4.69) is 19.0 Å². The number of carbonyl (C=O) groups excluding carboxylic acids is 1. The van der Waals surface area contributed by atoms with Crippen molar-refractivity contribution >= 4 is 15.9 Å². The molecule has 0 spiro atoms. The number of hydrogen-bond donors (Lipinski definition) is 0. The Kier molecular flexibility index (Phi) is 4.94. The molecule has 0 unspecified atom stereocenters. The minimum Gasteiger partial charge on any atom is -0.360 e. The first-order valence-electron chi connectivity index (χ1n) is 9.27. The third kappa shape index (κ3) is 3.29. The molecule has 146 valence electrons. The van der Waals surface area contributed by atoms with Crippen molar-refractivity contribution in [3.05, 3.63) is 11.5 Å². The summed E-state index contributed by atoms with van der Waals surface area (Å²) in [6.07, 6.45) is 3.69. The molecular formula is C18H29N3O4S. The Labute approximate surface area is 155 Å². The Morgan fingerprint density at radius 2 is 2.04 bits per heavy atom. The average Bonchev–Trinajstić information content (AvgIpc) is 3.27. The maximum absolute atomic E-state index is 13.0. The van der Waals surface area contributed by atoms with Gasteiger partial charge in [0.15, 0.2) is 5.76 Å². The van der Waals surface area contributed by atoms with E-state index in [4.69, 9.17) is 4.52 Å². The van der Waals surface area contributed by atoms with Crippen molar-refractivity contribution in [1.82, 2.24) is 14.4 Å². The van der Waals surface area contributed by atoms with Crippen LogP contribution in [0.15, 0.2) is 9.42 Å². The molecule has 0 N–H and O–H groups in total. The lowest BCUT2D eigenvalue weighted by molar-refractivity contribution is -0.138. The van der Waals surface area contributed by atoms with E-state index >= 15 is 0 Å². The lowest BCUT2D eigenvalue weighted by Crippen LogP contribution is -2.49. The van der Waals surface area contributed by atoms with Gasteiger partial charge in [0, 0.05) is 26.2 Å². The van der Waals surface area contributed by atoms with Gasteiger partial charge in [-0.3, -0.25) is 4.79 Å². The first kappa shape index (κ1) is 19.4. The van der Waals surface area contributed by atoms with Crippen molar-refractivity contribution in [3.63, 3.8) is 0 Å². The van der Waals surface area contributed by atoms with Gasteiger partial charge in [0.1, 0.15) is 10.6 Å². The summed E-state index contributed by atoms with van der Waals surface area (Å²) < 4.78 is 32.5. The molecule has 7 nitrogen and oxygen atoms in total. The van der Waals surface area contributed by atoms with Gasteiger partial charge in [0.05, 0.1) is 5.92 Å². The molecule has 2 fully saturated rings. The van der Waals surface area contributed by atoms with Crippen molar-refractivity contribution in [1.29, 1.82) is 0 Å². The topological polar surface area (TPSA) is 83.7 Å². The molecule has 1 saturated carbocycles. The van der Waals surface area contributed by atoms with Crippen molar-refractivity contribution in [3.8, 4) is 0 Å². The molecule has 1 amide bonds. The summed E-state index contributed by atoms with van der Waals surface area (Å²) in [7, 11) is -1.86. The van der Waals surface area contributed by atoms with Crippen LogP contribution in [-0.2, 0) is 14.8 Å². The number of sulfonamides is 1. The van der Waals surface area contributed by atoms with Crippen LogP contribution in [0.2, 0.25) is 0 Å². The summed E-state index contributed by atoms with van der Waals surface area (Å²) in [5.41, 5.74) is 0.574. The van der Waals surface area contributed by atoms with Gasteiger partial charge in [-0.25, -0.2) is 8.42 Å². The van der Waals surface area contributed by atoms with Gasteiger partial charge in [-0.1, -0.05) is 12.1 Å². The Hall–Kier alpha value is -1.41. The SMILES string of the molecule is Cc1noc(C)c1S(=O)(=O)N1CCC[C@@H](C(=O)N(C)[C@H](C)C2(C)CC2)C1. The van der Waals surface area contributed by atoms with E-state index in [1.165, 1.54) is 4.31 Å². The second kappa shape index (κ2) is 6.64. The van der Waals surface area contributed by atoms with Crippen LogP contribution in [0.25, 0.3) is 0 Å². The second-order valence-corrected chi connectivity index (χ2v) is 10.0. The number of aromatic nitrogens is 1. The maximum Gasteiger partial charge on any atom is 0.248 e. The number of hydrogen-bond acceptors (Lipinski definition) is 5. The summed E-state index contributed by atoms with van der Waals surface area (Å²) >= 11 is 0. The van der Waals surface area contributed by atoms with Gasteiger partial charge in [-0.2, -0.15) is 4.31 Å². The molecule has 1 aromatic heterocycles. The standard InChI is InChI=1S/C18H29N3O4S/c1-12-16(13(2)25-19-12)26(23,24)21-10-6-7-15(11-21)17(22)20(5)14(3)18(4)8-9-18/h14-15H,6-11H2,1-5H3/t14-,15-/m1/s1. The zero-order chi connectivity index (χ0) is 19.3. The number of aryl methyl sites for hydroxylation is 2. The molecule has 1 aromatic rings.